The van der Waals surface area contributed by atoms with E-state index in [-0.39, 0.29) is 11.7 Å². The van der Waals surface area contributed by atoms with Crippen molar-refractivity contribution in [2.45, 2.75) is 19.9 Å². The maximum Gasteiger partial charge on any atom is 0.308 e. The average Bonchev–Trinajstić information content (AvgIpc) is 3.11. The largest absolute Gasteiger partial charge is 0.427 e. The van der Waals surface area contributed by atoms with Crippen molar-refractivity contribution in [2.24, 2.45) is 0 Å². The summed E-state index contributed by atoms with van der Waals surface area (Å²) in [6.07, 6.45) is 0.600. The van der Waals surface area contributed by atoms with Gasteiger partial charge >= 0.3 is 5.97 Å². The first-order chi connectivity index (χ1) is 13.5. The SMILES string of the molecule is CC(=O)Oc1ccc(C(=O)N2CCc3c(noc3-c3ccc(F)cc3)C2)cc1. The molecule has 0 fully saturated rings. The number of ether oxygens (including phenoxy) is 1. The van der Waals surface area contributed by atoms with E-state index in [0.717, 1.165) is 11.1 Å². The Morgan fingerprint density at radius 2 is 1.82 bits per heavy atom. The highest BCUT2D eigenvalue weighted by atomic mass is 19.1. The fraction of sp³-hybridized carbons (Fsp3) is 0.190. The average molecular weight is 380 g/mol. The van der Waals surface area contributed by atoms with Crippen molar-refractivity contribution < 1.29 is 23.2 Å². The van der Waals surface area contributed by atoms with Crippen LogP contribution in [-0.4, -0.2) is 28.5 Å². The molecule has 1 amide bonds. The molecule has 0 aliphatic carbocycles. The smallest absolute Gasteiger partial charge is 0.308 e. The summed E-state index contributed by atoms with van der Waals surface area (Å²) >= 11 is 0. The van der Waals surface area contributed by atoms with Crippen LogP contribution in [0.4, 0.5) is 4.39 Å². The quantitative estimate of drug-likeness (QED) is 0.513. The predicted molar refractivity (Wildman–Crippen MR) is 98.1 cm³/mol. The summed E-state index contributed by atoms with van der Waals surface area (Å²) in [5.74, 6) is 0.156. The number of hydrogen-bond donors (Lipinski definition) is 0. The summed E-state index contributed by atoms with van der Waals surface area (Å²) in [5, 5.41) is 4.11. The molecule has 2 heterocycles. The Morgan fingerprint density at radius 1 is 1.11 bits per heavy atom. The van der Waals surface area contributed by atoms with Crippen LogP contribution in [0.1, 0.15) is 28.5 Å². The van der Waals surface area contributed by atoms with E-state index in [1.165, 1.54) is 19.1 Å². The normalized spacial score (nSPS) is 13.1. The molecule has 0 atom stereocenters. The lowest BCUT2D eigenvalue weighted by atomic mass is 10.00. The highest BCUT2D eigenvalue weighted by molar-refractivity contribution is 5.94. The zero-order chi connectivity index (χ0) is 19.7. The van der Waals surface area contributed by atoms with E-state index in [4.69, 9.17) is 9.26 Å². The lowest BCUT2D eigenvalue weighted by Crippen LogP contribution is -2.35. The van der Waals surface area contributed by atoms with Gasteiger partial charge < -0.3 is 14.2 Å². The van der Waals surface area contributed by atoms with Crippen LogP contribution in [-0.2, 0) is 17.8 Å². The van der Waals surface area contributed by atoms with Crippen LogP contribution in [0.3, 0.4) is 0 Å². The lowest BCUT2D eigenvalue weighted by Gasteiger charge is -2.26. The van der Waals surface area contributed by atoms with Gasteiger partial charge in [-0.05, 0) is 55.0 Å². The maximum absolute atomic E-state index is 13.1. The maximum atomic E-state index is 13.1. The molecule has 0 radical (unpaired) electrons. The van der Waals surface area contributed by atoms with Gasteiger partial charge in [0.15, 0.2) is 5.76 Å². The van der Waals surface area contributed by atoms with Crippen LogP contribution in [0.15, 0.2) is 53.1 Å². The monoisotopic (exact) mass is 380 g/mol. The summed E-state index contributed by atoms with van der Waals surface area (Å²) in [6, 6.07) is 12.5. The van der Waals surface area contributed by atoms with Gasteiger partial charge in [0.2, 0.25) is 0 Å². The summed E-state index contributed by atoms with van der Waals surface area (Å²) < 4.78 is 23.6. The molecule has 0 spiro atoms. The number of amides is 1. The summed E-state index contributed by atoms with van der Waals surface area (Å²) in [6.45, 7) is 2.18. The zero-order valence-electron chi connectivity index (χ0n) is 15.1. The number of esters is 1. The molecule has 142 valence electrons. The molecular weight excluding hydrogens is 363 g/mol. The van der Waals surface area contributed by atoms with E-state index in [1.807, 2.05) is 0 Å². The van der Waals surface area contributed by atoms with Gasteiger partial charge in [-0.3, -0.25) is 9.59 Å². The van der Waals surface area contributed by atoms with E-state index < -0.39 is 5.97 Å². The summed E-state index contributed by atoms with van der Waals surface area (Å²) in [7, 11) is 0. The number of rotatable bonds is 3. The van der Waals surface area contributed by atoms with Crippen LogP contribution in [0.5, 0.6) is 5.75 Å². The number of hydrogen-bond acceptors (Lipinski definition) is 5. The molecule has 0 N–H and O–H groups in total. The topological polar surface area (TPSA) is 72.6 Å². The minimum atomic E-state index is -0.411. The second-order valence-electron chi connectivity index (χ2n) is 6.54. The van der Waals surface area contributed by atoms with Crippen molar-refractivity contribution in [3.8, 4) is 17.1 Å². The molecule has 0 unspecified atom stereocenters. The zero-order valence-corrected chi connectivity index (χ0v) is 15.1. The van der Waals surface area contributed by atoms with Gasteiger partial charge in [0.1, 0.15) is 17.3 Å². The van der Waals surface area contributed by atoms with Crippen molar-refractivity contribution in [2.75, 3.05) is 6.54 Å². The predicted octanol–water partition coefficient (Wildman–Crippen LogP) is 3.60. The standard InChI is InChI=1S/C21H17FN2O4/c1-13(25)27-17-8-4-15(5-9-17)21(26)24-11-10-18-19(12-24)23-28-20(18)14-2-6-16(22)7-3-14/h2-9H,10-12H2,1H3. The Kier molecular flexibility index (Phi) is 4.65. The number of halogens is 1. The molecule has 3 aromatic rings. The molecule has 1 aliphatic heterocycles. The fourth-order valence-electron chi connectivity index (χ4n) is 3.25. The van der Waals surface area contributed by atoms with Crippen LogP contribution in [0.2, 0.25) is 0 Å². The summed E-state index contributed by atoms with van der Waals surface area (Å²) in [5.41, 5.74) is 2.91. The Hall–Kier alpha value is -3.48. The molecule has 7 heteroatoms. The molecule has 0 saturated carbocycles. The highest BCUT2D eigenvalue weighted by Gasteiger charge is 2.27. The second kappa shape index (κ2) is 7.26. The third kappa shape index (κ3) is 3.51. The van der Waals surface area contributed by atoms with Gasteiger partial charge in [0.25, 0.3) is 5.91 Å². The Morgan fingerprint density at radius 3 is 2.50 bits per heavy atom. The fourth-order valence-corrected chi connectivity index (χ4v) is 3.25. The number of carbonyl (C=O) groups is 2. The Labute approximate surface area is 160 Å². The number of aromatic nitrogens is 1. The number of carbonyl (C=O) groups excluding carboxylic acids is 2. The van der Waals surface area contributed by atoms with E-state index in [0.29, 0.717) is 42.3 Å². The lowest BCUT2D eigenvalue weighted by molar-refractivity contribution is -0.131. The molecular formula is C21H17FN2O4. The second-order valence-corrected chi connectivity index (χ2v) is 6.54. The van der Waals surface area contributed by atoms with Gasteiger partial charge in [-0.15, -0.1) is 0 Å². The minimum Gasteiger partial charge on any atom is -0.427 e. The summed E-state index contributed by atoms with van der Waals surface area (Å²) in [4.78, 5) is 25.5. The van der Waals surface area contributed by atoms with Gasteiger partial charge in [-0.25, -0.2) is 4.39 Å². The van der Waals surface area contributed by atoms with Crippen molar-refractivity contribution in [1.29, 1.82) is 0 Å². The molecule has 0 saturated heterocycles. The van der Waals surface area contributed by atoms with Gasteiger partial charge in [0, 0.05) is 30.2 Å². The van der Waals surface area contributed by atoms with Crippen LogP contribution < -0.4 is 4.74 Å². The van der Waals surface area contributed by atoms with Crippen LogP contribution >= 0.6 is 0 Å². The van der Waals surface area contributed by atoms with Gasteiger partial charge in [0.05, 0.1) is 6.54 Å². The Balaban J connectivity index is 1.50. The number of fused-ring (bicyclic) bond motifs is 1. The first-order valence-electron chi connectivity index (χ1n) is 8.82. The van der Waals surface area contributed by atoms with Crippen molar-refractivity contribution in [3.05, 3.63) is 71.2 Å². The van der Waals surface area contributed by atoms with Crippen LogP contribution in [0, 0.1) is 5.82 Å². The molecule has 6 nitrogen and oxygen atoms in total. The number of nitrogens with zero attached hydrogens (tertiary/aromatic N) is 2. The van der Waals surface area contributed by atoms with E-state index in [2.05, 4.69) is 5.16 Å². The molecule has 1 aliphatic rings. The molecule has 1 aromatic heterocycles. The molecule has 0 bridgehead atoms. The molecule has 4 rings (SSSR count). The van der Waals surface area contributed by atoms with E-state index >= 15 is 0 Å². The van der Waals surface area contributed by atoms with E-state index in [9.17, 15) is 14.0 Å². The van der Waals surface area contributed by atoms with Crippen LogP contribution in [0.25, 0.3) is 11.3 Å². The minimum absolute atomic E-state index is 0.133. The van der Waals surface area contributed by atoms with Crippen molar-refractivity contribution >= 4 is 11.9 Å². The van der Waals surface area contributed by atoms with Gasteiger partial charge in [-0.1, -0.05) is 5.16 Å². The van der Waals surface area contributed by atoms with Crippen molar-refractivity contribution in [3.63, 3.8) is 0 Å². The van der Waals surface area contributed by atoms with Crippen molar-refractivity contribution in [1.82, 2.24) is 10.1 Å². The highest BCUT2D eigenvalue weighted by Crippen LogP contribution is 2.31. The third-order valence-corrected chi connectivity index (χ3v) is 4.60. The number of benzene rings is 2. The molecule has 28 heavy (non-hydrogen) atoms. The first kappa shape index (κ1) is 17.9. The molecule has 2 aromatic carbocycles. The van der Waals surface area contributed by atoms with Gasteiger partial charge in [-0.2, -0.15) is 0 Å². The van der Waals surface area contributed by atoms with E-state index in [1.54, 1.807) is 41.3 Å². The Bertz CT molecular complexity index is 1030. The third-order valence-electron chi connectivity index (χ3n) is 4.60. The first-order valence-corrected chi connectivity index (χ1v) is 8.82.